The molecule has 0 bridgehead atoms. The van der Waals surface area contributed by atoms with Crippen molar-refractivity contribution in [3.63, 3.8) is 0 Å². The Hall–Kier alpha value is -0.550. The smallest absolute Gasteiger partial charge is 0.728 e. The van der Waals surface area contributed by atoms with E-state index in [1.54, 1.807) is 38.5 Å². The predicted octanol–water partition coefficient (Wildman–Crippen LogP) is -1.42. The van der Waals surface area contributed by atoms with Gasteiger partial charge in [0.1, 0.15) is 0 Å². The third-order valence-corrected chi connectivity index (χ3v) is 2.40. The van der Waals surface area contributed by atoms with Gasteiger partial charge in [-0.3, -0.25) is 0 Å². The summed E-state index contributed by atoms with van der Waals surface area (Å²) in [6.07, 6.45) is 0. The van der Waals surface area contributed by atoms with Crippen molar-refractivity contribution in [3.8, 4) is 0 Å². The molecule has 0 unspecified atom stereocenters. The topological polar surface area (TPSA) is 104 Å². The van der Waals surface area contributed by atoms with E-state index in [1.807, 2.05) is 19.0 Å². The van der Waals surface area contributed by atoms with Crippen LogP contribution in [0.3, 0.4) is 0 Å². The molecule has 22 heavy (non-hydrogen) atoms. The maximum absolute atomic E-state index is 10.2. The molecule has 0 amide bonds. The van der Waals surface area contributed by atoms with Crippen LogP contribution in [-0.2, 0) is 19.8 Å². The van der Waals surface area contributed by atoms with E-state index in [4.69, 9.17) is 0 Å². The molecule has 0 saturated heterocycles. The van der Waals surface area contributed by atoms with Gasteiger partial charge in [-0.25, -0.2) is 8.42 Å². The Morgan fingerprint density at radius 1 is 1.09 bits per heavy atom. The number of benzene rings is 1. The van der Waals surface area contributed by atoms with Gasteiger partial charge >= 0.3 is 29.6 Å². The SMILES string of the molecule is CN(C)c1ccc(/N=N/S(=O)(=O)[O-])cc1.COCCOC.[Na+]. The maximum Gasteiger partial charge on any atom is 1.00 e. The number of nitrogens with zero attached hydrogens (tertiary/aromatic N) is 3. The fraction of sp³-hybridized carbons (Fsp3) is 0.500. The summed E-state index contributed by atoms with van der Waals surface area (Å²) in [6, 6.07) is 6.63. The summed E-state index contributed by atoms with van der Waals surface area (Å²) in [4.78, 5) is 1.88. The number of ether oxygens (including phenoxy) is 2. The van der Waals surface area contributed by atoms with E-state index >= 15 is 0 Å². The first-order chi connectivity index (χ1) is 9.80. The minimum absolute atomic E-state index is 0. The summed E-state index contributed by atoms with van der Waals surface area (Å²) in [5, 5.41) is 3.28. The second kappa shape index (κ2) is 12.9. The monoisotopic (exact) mass is 341 g/mol. The van der Waals surface area contributed by atoms with Crippen molar-refractivity contribution in [1.82, 2.24) is 0 Å². The molecule has 0 N–H and O–H groups in total. The van der Waals surface area contributed by atoms with Crippen LogP contribution in [0.25, 0.3) is 0 Å². The molecule has 0 aromatic heterocycles. The van der Waals surface area contributed by atoms with E-state index in [1.165, 1.54) is 0 Å². The Labute approximate surface area is 153 Å². The fourth-order valence-corrected chi connectivity index (χ4v) is 1.28. The Bertz CT molecular complexity index is 516. The van der Waals surface area contributed by atoms with E-state index in [-0.39, 0.29) is 29.6 Å². The molecule has 0 radical (unpaired) electrons. The summed E-state index contributed by atoms with van der Waals surface area (Å²) in [5.41, 5.74) is 1.26. The van der Waals surface area contributed by atoms with Crippen molar-refractivity contribution in [2.24, 2.45) is 9.63 Å². The number of hydrogen-bond acceptors (Lipinski definition) is 7. The quantitative estimate of drug-likeness (QED) is 0.272. The number of hydrogen-bond donors (Lipinski definition) is 0. The van der Waals surface area contributed by atoms with Gasteiger partial charge in [0, 0.05) is 34.0 Å². The molecule has 10 heteroatoms. The first-order valence-electron chi connectivity index (χ1n) is 5.94. The third kappa shape index (κ3) is 13.1. The molecule has 0 fully saturated rings. The van der Waals surface area contributed by atoms with Gasteiger partial charge in [-0.05, 0) is 24.3 Å². The van der Waals surface area contributed by atoms with Gasteiger partial charge in [0.25, 0.3) is 0 Å². The minimum atomic E-state index is -4.65. The number of rotatable bonds is 6. The molecule has 1 aromatic rings. The van der Waals surface area contributed by atoms with Gasteiger partial charge < -0.3 is 18.9 Å². The van der Waals surface area contributed by atoms with Gasteiger partial charge in [0.2, 0.25) is 10.3 Å². The Morgan fingerprint density at radius 2 is 1.55 bits per heavy atom. The zero-order valence-electron chi connectivity index (χ0n) is 13.5. The van der Waals surface area contributed by atoms with Crippen LogP contribution in [0.5, 0.6) is 0 Å². The van der Waals surface area contributed by atoms with E-state index in [2.05, 4.69) is 19.1 Å². The third-order valence-electron chi connectivity index (χ3n) is 2.11. The molecule has 0 aliphatic rings. The summed E-state index contributed by atoms with van der Waals surface area (Å²) < 4.78 is 42.4. The fourth-order valence-electron chi connectivity index (χ4n) is 1.08. The van der Waals surface area contributed by atoms with Crippen molar-refractivity contribution in [2.75, 3.05) is 46.4 Å². The van der Waals surface area contributed by atoms with Crippen molar-refractivity contribution in [3.05, 3.63) is 24.3 Å². The van der Waals surface area contributed by atoms with Crippen molar-refractivity contribution in [2.45, 2.75) is 0 Å². The standard InChI is InChI=1S/C8H11N3O3S.C4H10O2.Na/c1-11(2)8-5-3-7(4-6-8)9-10-15(12,13)14;1-5-3-4-6-2;/h3-6H,1-2H3,(H,12,13,14);3-4H2,1-2H3;/q;;+1/p-1/b10-9+;;. The first-order valence-corrected chi connectivity index (χ1v) is 7.30. The molecule has 0 spiro atoms. The Morgan fingerprint density at radius 3 is 1.86 bits per heavy atom. The van der Waals surface area contributed by atoms with E-state index < -0.39 is 10.3 Å². The normalized spacial score (nSPS) is 10.6. The van der Waals surface area contributed by atoms with Crippen LogP contribution in [0.15, 0.2) is 33.9 Å². The van der Waals surface area contributed by atoms with Gasteiger partial charge in [0.15, 0.2) is 0 Å². The molecular formula is C12H20N3NaO5S. The Kier molecular flexibility index (Phi) is 13.9. The first kappa shape index (κ1) is 23.7. The summed E-state index contributed by atoms with van der Waals surface area (Å²) in [7, 11) is 2.40. The average Bonchev–Trinajstić information content (AvgIpc) is 2.43. The van der Waals surface area contributed by atoms with Gasteiger partial charge in [-0.2, -0.15) is 0 Å². The van der Waals surface area contributed by atoms with Crippen LogP contribution in [0.1, 0.15) is 0 Å². The molecule has 0 atom stereocenters. The van der Waals surface area contributed by atoms with Gasteiger partial charge in [0.05, 0.1) is 18.9 Å². The maximum atomic E-state index is 10.2. The summed E-state index contributed by atoms with van der Waals surface area (Å²) >= 11 is 0. The molecule has 120 valence electrons. The zero-order chi connectivity index (χ0) is 16.3. The Balaban J connectivity index is 0. The van der Waals surface area contributed by atoms with Crippen LogP contribution in [0, 0.1) is 0 Å². The van der Waals surface area contributed by atoms with Gasteiger partial charge in [-0.1, -0.05) is 4.52 Å². The van der Waals surface area contributed by atoms with Crippen LogP contribution in [0.2, 0.25) is 0 Å². The number of methoxy groups -OCH3 is 2. The van der Waals surface area contributed by atoms with Crippen LogP contribution in [-0.4, -0.2) is 54.5 Å². The average molecular weight is 341 g/mol. The number of anilines is 1. The van der Waals surface area contributed by atoms with Crippen molar-refractivity contribution >= 4 is 21.7 Å². The van der Waals surface area contributed by atoms with Gasteiger partial charge in [-0.15, -0.1) is 5.11 Å². The summed E-state index contributed by atoms with van der Waals surface area (Å²) in [6.45, 7) is 1.38. The minimum Gasteiger partial charge on any atom is -0.728 e. The van der Waals surface area contributed by atoms with Crippen molar-refractivity contribution in [1.29, 1.82) is 0 Å². The predicted molar refractivity (Wildman–Crippen MR) is 78.7 cm³/mol. The molecule has 0 saturated carbocycles. The van der Waals surface area contributed by atoms with Crippen LogP contribution in [0.4, 0.5) is 11.4 Å². The molecule has 1 rings (SSSR count). The molecule has 8 nitrogen and oxygen atoms in total. The second-order valence-electron chi connectivity index (χ2n) is 4.01. The second-order valence-corrected chi connectivity index (χ2v) is 5.02. The van der Waals surface area contributed by atoms with Crippen LogP contribution < -0.4 is 34.5 Å². The van der Waals surface area contributed by atoms with Crippen molar-refractivity contribution < 1.29 is 52.0 Å². The van der Waals surface area contributed by atoms with E-state index in [0.717, 1.165) is 5.69 Å². The molecular weight excluding hydrogens is 321 g/mol. The van der Waals surface area contributed by atoms with Crippen LogP contribution >= 0.6 is 0 Å². The molecule has 1 aromatic carbocycles. The summed E-state index contributed by atoms with van der Waals surface area (Å²) in [5.74, 6) is 0. The van der Waals surface area contributed by atoms with E-state index in [9.17, 15) is 13.0 Å². The van der Waals surface area contributed by atoms with E-state index in [0.29, 0.717) is 18.9 Å². The molecule has 0 aliphatic heterocycles. The zero-order valence-corrected chi connectivity index (χ0v) is 16.3. The largest absolute Gasteiger partial charge is 1.00 e. The molecule has 0 heterocycles. The molecule has 0 aliphatic carbocycles.